The van der Waals surface area contributed by atoms with Gasteiger partial charge >= 0.3 is 0 Å². The zero-order valence-electron chi connectivity index (χ0n) is 11.8. The number of rotatable bonds is 5. The summed E-state index contributed by atoms with van der Waals surface area (Å²) in [4.78, 5) is 11.9. The van der Waals surface area contributed by atoms with E-state index in [1.54, 1.807) is 6.07 Å². The molecular weight excluding hydrogens is 417 g/mol. The molecule has 0 spiro atoms. The van der Waals surface area contributed by atoms with Crippen molar-refractivity contribution in [2.45, 2.75) is 13.0 Å². The first kappa shape index (κ1) is 17.0. The summed E-state index contributed by atoms with van der Waals surface area (Å²) < 4.78 is 20.3. The molecule has 2 aromatic rings. The summed E-state index contributed by atoms with van der Waals surface area (Å²) in [7, 11) is 0. The van der Waals surface area contributed by atoms with Gasteiger partial charge in [-0.25, -0.2) is 4.39 Å². The Morgan fingerprint density at radius 3 is 2.68 bits per heavy atom. The van der Waals surface area contributed by atoms with Gasteiger partial charge < -0.3 is 10.1 Å². The normalized spacial score (nSPS) is 11.8. The Balaban J connectivity index is 1.92. The zero-order valence-corrected chi connectivity index (χ0v) is 14.9. The van der Waals surface area contributed by atoms with Crippen LogP contribution in [-0.4, -0.2) is 12.5 Å². The third-order valence-electron chi connectivity index (χ3n) is 3.00. The minimum absolute atomic E-state index is 0.0481. The van der Waals surface area contributed by atoms with Crippen LogP contribution in [0.4, 0.5) is 4.39 Å². The number of carbonyl (C=O) groups is 1. The maximum absolute atomic E-state index is 13.6. The zero-order chi connectivity index (χ0) is 16.1. The highest BCUT2D eigenvalue weighted by Gasteiger charge is 2.13. The Morgan fingerprint density at radius 1 is 1.27 bits per heavy atom. The average Bonchev–Trinajstić information content (AvgIpc) is 2.46. The molecule has 1 atom stereocenters. The SMILES string of the molecule is CC(NC(=O)COc1ccc(Br)cc1F)c1ccccc1Br. The fraction of sp³-hybridized carbons (Fsp3) is 0.188. The molecule has 0 fully saturated rings. The number of hydrogen-bond acceptors (Lipinski definition) is 2. The van der Waals surface area contributed by atoms with Crippen LogP contribution in [0.5, 0.6) is 5.75 Å². The van der Waals surface area contributed by atoms with Crippen LogP contribution < -0.4 is 10.1 Å². The lowest BCUT2D eigenvalue weighted by molar-refractivity contribution is -0.123. The van der Waals surface area contributed by atoms with E-state index in [2.05, 4.69) is 37.2 Å². The molecule has 2 aromatic carbocycles. The molecule has 6 heteroatoms. The minimum Gasteiger partial charge on any atom is -0.481 e. The third kappa shape index (κ3) is 4.55. The second-order valence-electron chi connectivity index (χ2n) is 4.67. The Bertz CT molecular complexity index is 679. The van der Waals surface area contributed by atoms with E-state index < -0.39 is 5.82 Å². The Hall–Kier alpha value is -1.40. The standard InChI is InChI=1S/C16H14Br2FNO2/c1-10(12-4-2-3-5-13(12)18)20-16(21)9-22-15-7-6-11(17)8-14(15)19/h2-8,10H,9H2,1H3,(H,20,21). The van der Waals surface area contributed by atoms with Crippen LogP contribution >= 0.6 is 31.9 Å². The number of carbonyl (C=O) groups excluding carboxylic acids is 1. The predicted molar refractivity (Wildman–Crippen MR) is 90.3 cm³/mol. The molecule has 0 aliphatic carbocycles. The molecule has 0 heterocycles. The van der Waals surface area contributed by atoms with Crippen molar-refractivity contribution in [3.8, 4) is 5.75 Å². The highest BCUT2D eigenvalue weighted by atomic mass is 79.9. The number of benzene rings is 2. The van der Waals surface area contributed by atoms with Crippen LogP contribution in [0.3, 0.4) is 0 Å². The smallest absolute Gasteiger partial charge is 0.258 e. The molecule has 1 N–H and O–H groups in total. The van der Waals surface area contributed by atoms with Crippen molar-refractivity contribution in [3.63, 3.8) is 0 Å². The van der Waals surface area contributed by atoms with Gasteiger partial charge in [-0.05, 0) is 36.8 Å². The largest absolute Gasteiger partial charge is 0.481 e. The van der Waals surface area contributed by atoms with Crippen LogP contribution in [0.1, 0.15) is 18.5 Å². The Labute approximate surface area is 145 Å². The van der Waals surface area contributed by atoms with Gasteiger partial charge in [0.1, 0.15) is 0 Å². The monoisotopic (exact) mass is 429 g/mol. The molecule has 0 saturated heterocycles. The lowest BCUT2D eigenvalue weighted by Gasteiger charge is -2.16. The highest BCUT2D eigenvalue weighted by molar-refractivity contribution is 9.10. The quantitative estimate of drug-likeness (QED) is 0.752. The minimum atomic E-state index is -0.513. The number of nitrogens with one attached hydrogen (secondary N) is 1. The summed E-state index contributed by atoms with van der Waals surface area (Å²) >= 11 is 6.60. The van der Waals surface area contributed by atoms with Gasteiger partial charge in [0, 0.05) is 8.95 Å². The highest BCUT2D eigenvalue weighted by Crippen LogP contribution is 2.23. The number of hydrogen-bond donors (Lipinski definition) is 1. The number of halogens is 3. The Kier molecular flexibility index (Phi) is 5.97. The van der Waals surface area contributed by atoms with Crippen LogP contribution in [-0.2, 0) is 4.79 Å². The van der Waals surface area contributed by atoms with Crippen LogP contribution in [0.25, 0.3) is 0 Å². The summed E-state index contributed by atoms with van der Waals surface area (Å²) in [6.45, 7) is 1.63. The lowest BCUT2D eigenvalue weighted by Crippen LogP contribution is -2.31. The molecule has 0 aliphatic heterocycles. The maximum Gasteiger partial charge on any atom is 0.258 e. The van der Waals surface area contributed by atoms with Crippen molar-refractivity contribution in [3.05, 3.63) is 62.8 Å². The van der Waals surface area contributed by atoms with Crippen molar-refractivity contribution in [1.82, 2.24) is 5.32 Å². The van der Waals surface area contributed by atoms with Gasteiger partial charge in [0.05, 0.1) is 6.04 Å². The van der Waals surface area contributed by atoms with Gasteiger partial charge in [-0.1, -0.05) is 50.1 Å². The summed E-state index contributed by atoms with van der Waals surface area (Å²) in [6, 6.07) is 11.9. The van der Waals surface area contributed by atoms with Gasteiger partial charge in [0.2, 0.25) is 0 Å². The van der Waals surface area contributed by atoms with Gasteiger partial charge in [-0.2, -0.15) is 0 Å². The predicted octanol–water partition coefficient (Wildman–Crippen LogP) is 4.61. The molecule has 22 heavy (non-hydrogen) atoms. The molecule has 1 unspecified atom stereocenters. The second kappa shape index (κ2) is 7.74. The van der Waals surface area contributed by atoms with E-state index >= 15 is 0 Å². The molecule has 0 radical (unpaired) electrons. The van der Waals surface area contributed by atoms with Crippen molar-refractivity contribution < 1.29 is 13.9 Å². The van der Waals surface area contributed by atoms with Crippen molar-refractivity contribution in [1.29, 1.82) is 0 Å². The van der Waals surface area contributed by atoms with Crippen molar-refractivity contribution >= 4 is 37.8 Å². The van der Waals surface area contributed by atoms with E-state index in [1.807, 2.05) is 31.2 Å². The number of ether oxygens (including phenoxy) is 1. The van der Waals surface area contributed by atoms with E-state index in [9.17, 15) is 9.18 Å². The molecule has 1 amide bonds. The maximum atomic E-state index is 13.6. The van der Waals surface area contributed by atoms with E-state index in [-0.39, 0.29) is 24.3 Å². The van der Waals surface area contributed by atoms with Gasteiger partial charge in [0.25, 0.3) is 5.91 Å². The second-order valence-corrected chi connectivity index (χ2v) is 6.44. The van der Waals surface area contributed by atoms with Crippen LogP contribution in [0.15, 0.2) is 51.4 Å². The first-order chi connectivity index (χ1) is 10.5. The van der Waals surface area contributed by atoms with E-state index in [1.165, 1.54) is 12.1 Å². The molecule has 3 nitrogen and oxygen atoms in total. The fourth-order valence-corrected chi connectivity index (χ4v) is 2.88. The molecule has 2 rings (SSSR count). The van der Waals surface area contributed by atoms with E-state index in [4.69, 9.17) is 4.74 Å². The van der Waals surface area contributed by atoms with Crippen LogP contribution in [0, 0.1) is 5.82 Å². The summed E-state index contributed by atoms with van der Waals surface area (Å²) in [5.74, 6) is -0.779. The average molecular weight is 431 g/mol. The topological polar surface area (TPSA) is 38.3 Å². The van der Waals surface area contributed by atoms with E-state index in [0.717, 1.165) is 10.0 Å². The molecule has 0 aliphatic rings. The summed E-state index contributed by atoms with van der Waals surface area (Å²) in [5.41, 5.74) is 0.964. The van der Waals surface area contributed by atoms with Crippen molar-refractivity contribution in [2.75, 3.05) is 6.61 Å². The summed E-state index contributed by atoms with van der Waals surface area (Å²) in [6.07, 6.45) is 0. The number of amides is 1. The fourth-order valence-electron chi connectivity index (χ4n) is 1.92. The lowest BCUT2D eigenvalue weighted by atomic mass is 10.1. The third-order valence-corrected chi connectivity index (χ3v) is 4.22. The Morgan fingerprint density at radius 2 is 2.00 bits per heavy atom. The first-order valence-corrected chi connectivity index (χ1v) is 8.17. The molecule has 0 saturated carbocycles. The molecule has 116 valence electrons. The van der Waals surface area contributed by atoms with Gasteiger partial charge in [0.15, 0.2) is 18.2 Å². The van der Waals surface area contributed by atoms with Crippen LogP contribution in [0.2, 0.25) is 0 Å². The molecule has 0 aromatic heterocycles. The molecule has 0 bridgehead atoms. The van der Waals surface area contributed by atoms with E-state index in [0.29, 0.717) is 4.47 Å². The first-order valence-electron chi connectivity index (χ1n) is 6.59. The summed E-state index contributed by atoms with van der Waals surface area (Å²) in [5, 5.41) is 2.81. The molecular formula is C16H14Br2FNO2. The van der Waals surface area contributed by atoms with Crippen molar-refractivity contribution in [2.24, 2.45) is 0 Å². The van der Waals surface area contributed by atoms with Gasteiger partial charge in [-0.15, -0.1) is 0 Å². The van der Waals surface area contributed by atoms with Gasteiger partial charge in [-0.3, -0.25) is 4.79 Å².